The molecule has 4 rings (SSSR count). The lowest BCUT2D eigenvalue weighted by molar-refractivity contribution is 0.600. The number of fused-ring (bicyclic) bond motifs is 1. The Hall–Kier alpha value is -2.70. The standard InChI is InChI=1S/C21H18N2O2S2/c1-15-7-12-19-20(13-15)26-21(22-19)17-8-10-18(11-9-17)23-27(24,25)14-16-5-3-2-4-6-16/h2-13,23H,14H2,1H3. The summed E-state index contributed by atoms with van der Waals surface area (Å²) in [5, 5.41) is 0.925. The summed E-state index contributed by atoms with van der Waals surface area (Å²) in [6, 6.07) is 22.7. The summed E-state index contributed by atoms with van der Waals surface area (Å²) in [6.07, 6.45) is 0. The number of aryl methyl sites for hydroxylation is 1. The molecule has 0 saturated carbocycles. The first-order valence-electron chi connectivity index (χ1n) is 8.51. The molecule has 1 aromatic heterocycles. The lowest BCUT2D eigenvalue weighted by Crippen LogP contribution is -2.14. The molecule has 0 spiro atoms. The number of hydrogen-bond acceptors (Lipinski definition) is 4. The Balaban J connectivity index is 1.53. The average Bonchev–Trinajstić information content (AvgIpc) is 3.05. The lowest BCUT2D eigenvalue weighted by atomic mass is 10.2. The minimum atomic E-state index is -3.45. The van der Waals surface area contributed by atoms with Gasteiger partial charge in [0, 0.05) is 11.3 Å². The Morgan fingerprint density at radius 2 is 1.70 bits per heavy atom. The summed E-state index contributed by atoms with van der Waals surface area (Å²) < 4.78 is 28.5. The first-order valence-corrected chi connectivity index (χ1v) is 11.0. The first kappa shape index (κ1) is 17.7. The number of nitrogens with zero attached hydrogens (tertiary/aromatic N) is 1. The van der Waals surface area contributed by atoms with E-state index in [9.17, 15) is 8.42 Å². The van der Waals surface area contributed by atoms with Crippen molar-refractivity contribution in [1.29, 1.82) is 0 Å². The Bertz CT molecular complexity index is 1180. The van der Waals surface area contributed by atoms with Crippen LogP contribution in [0.5, 0.6) is 0 Å². The van der Waals surface area contributed by atoms with Crippen LogP contribution in [-0.2, 0) is 15.8 Å². The van der Waals surface area contributed by atoms with Crippen LogP contribution in [-0.4, -0.2) is 13.4 Å². The highest BCUT2D eigenvalue weighted by molar-refractivity contribution is 7.91. The molecular formula is C21H18N2O2S2. The van der Waals surface area contributed by atoms with Crippen molar-refractivity contribution in [3.63, 3.8) is 0 Å². The number of aromatic nitrogens is 1. The second kappa shape index (κ2) is 7.13. The van der Waals surface area contributed by atoms with E-state index in [1.165, 1.54) is 5.56 Å². The lowest BCUT2D eigenvalue weighted by Gasteiger charge is -2.08. The maximum atomic E-state index is 12.4. The highest BCUT2D eigenvalue weighted by Crippen LogP contribution is 2.31. The van der Waals surface area contributed by atoms with E-state index < -0.39 is 10.0 Å². The molecule has 4 nitrogen and oxygen atoms in total. The van der Waals surface area contributed by atoms with Crippen LogP contribution in [0.25, 0.3) is 20.8 Å². The van der Waals surface area contributed by atoms with Gasteiger partial charge in [0.15, 0.2) is 0 Å². The van der Waals surface area contributed by atoms with E-state index in [0.29, 0.717) is 5.69 Å². The van der Waals surface area contributed by atoms with Crippen molar-refractivity contribution in [2.24, 2.45) is 0 Å². The van der Waals surface area contributed by atoms with Gasteiger partial charge in [-0.15, -0.1) is 11.3 Å². The summed E-state index contributed by atoms with van der Waals surface area (Å²) in [7, 11) is -3.45. The summed E-state index contributed by atoms with van der Waals surface area (Å²) in [5.74, 6) is -0.0488. The van der Waals surface area contributed by atoms with Crippen molar-refractivity contribution in [3.05, 3.63) is 83.9 Å². The van der Waals surface area contributed by atoms with Crippen molar-refractivity contribution in [1.82, 2.24) is 4.98 Å². The number of benzene rings is 3. The summed E-state index contributed by atoms with van der Waals surface area (Å²) in [4.78, 5) is 4.66. The zero-order valence-corrected chi connectivity index (χ0v) is 16.3. The molecule has 4 aromatic rings. The van der Waals surface area contributed by atoms with E-state index in [1.807, 2.05) is 36.4 Å². The maximum Gasteiger partial charge on any atom is 0.236 e. The molecule has 1 heterocycles. The van der Waals surface area contributed by atoms with Gasteiger partial charge in [-0.3, -0.25) is 4.72 Å². The minimum Gasteiger partial charge on any atom is -0.283 e. The van der Waals surface area contributed by atoms with Crippen LogP contribution in [0.15, 0.2) is 72.8 Å². The smallest absolute Gasteiger partial charge is 0.236 e. The monoisotopic (exact) mass is 394 g/mol. The summed E-state index contributed by atoms with van der Waals surface area (Å²) in [6.45, 7) is 2.06. The van der Waals surface area contributed by atoms with Crippen LogP contribution in [0.4, 0.5) is 5.69 Å². The van der Waals surface area contributed by atoms with Gasteiger partial charge in [-0.1, -0.05) is 36.4 Å². The fraction of sp³-hybridized carbons (Fsp3) is 0.0952. The maximum absolute atomic E-state index is 12.4. The quantitative estimate of drug-likeness (QED) is 0.505. The van der Waals surface area contributed by atoms with Crippen LogP contribution < -0.4 is 4.72 Å². The van der Waals surface area contributed by atoms with E-state index in [0.717, 1.165) is 26.4 Å². The Morgan fingerprint density at radius 1 is 0.963 bits per heavy atom. The topological polar surface area (TPSA) is 59.1 Å². The van der Waals surface area contributed by atoms with E-state index in [1.54, 1.807) is 35.6 Å². The number of hydrogen-bond donors (Lipinski definition) is 1. The molecule has 0 atom stereocenters. The fourth-order valence-electron chi connectivity index (χ4n) is 2.85. The molecule has 27 heavy (non-hydrogen) atoms. The number of thiazole rings is 1. The van der Waals surface area contributed by atoms with Crippen LogP contribution in [0.1, 0.15) is 11.1 Å². The van der Waals surface area contributed by atoms with Crippen molar-refractivity contribution in [2.45, 2.75) is 12.7 Å². The Morgan fingerprint density at radius 3 is 2.44 bits per heavy atom. The molecule has 136 valence electrons. The van der Waals surface area contributed by atoms with Crippen molar-refractivity contribution < 1.29 is 8.42 Å². The van der Waals surface area contributed by atoms with E-state index in [-0.39, 0.29) is 5.75 Å². The van der Waals surface area contributed by atoms with Crippen LogP contribution in [0, 0.1) is 6.92 Å². The van der Waals surface area contributed by atoms with E-state index in [2.05, 4.69) is 28.8 Å². The second-order valence-corrected chi connectivity index (χ2v) is 9.17. The molecule has 0 aliphatic rings. The molecule has 0 fully saturated rings. The predicted molar refractivity (Wildman–Crippen MR) is 112 cm³/mol. The fourth-order valence-corrected chi connectivity index (χ4v) is 5.11. The minimum absolute atomic E-state index is 0.0488. The molecule has 3 aromatic carbocycles. The van der Waals surface area contributed by atoms with Gasteiger partial charge in [-0.05, 0) is 54.4 Å². The van der Waals surface area contributed by atoms with Gasteiger partial charge in [-0.2, -0.15) is 0 Å². The Kier molecular flexibility index (Phi) is 4.68. The van der Waals surface area contributed by atoms with Crippen molar-refractivity contribution in [2.75, 3.05) is 4.72 Å². The number of sulfonamides is 1. The van der Waals surface area contributed by atoms with Gasteiger partial charge in [-0.25, -0.2) is 13.4 Å². The highest BCUT2D eigenvalue weighted by Gasteiger charge is 2.12. The average molecular weight is 395 g/mol. The normalized spacial score (nSPS) is 11.6. The predicted octanol–water partition coefficient (Wildman–Crippen LogP) is 5.21. The molecule has 0 radical (unpaired) electrons. The molecule has 1 N–H and O–H groups in total. The van der Waals surface area contributed by atoms with Gasteiger partial charge in [0.05, 0.1) is 16.0 Å². The number of nitrogens with one attached hydrogen (secondary N) is 1. The third kappa shape index (κ3) is 4.18. The zero-order valence-electron chi connectivity index (χ0n) is 14.7. The third-order valence-corrected chi connectivity index (χ3v) is 6.48. The molecule has 0 saturated heterocycles. The van der Waals surface area contributed by atoms with Crippen molar-refractivity contribution >= 4 is 37.3 Å². The summed E-state index contributed by atoms with van der Waals surface area (Å²) in [5.41, 5.74) is 4.46. The third-order valence-electron chi connectivity index (χ3n) is 4.15. The molecular weight excluding hydrogens is 376 g/mol. The Labute approximate surface area is 162 Å². The summed E-state index contributed by atoms with van der Waals surface area (Å²) >= 11 is 1.64. The van der Waals surface area contributed by atoms with Crippen molar-refractivity contribution in [3.8, 4) is 10.6 Å². The molecule has 0 bridgehead atoms. The molecule has 6 heteroatoms. The largest absolute Gasteiger partial charge is 0.283 e. The molecule has 0 amide bonds. The van der Waals surface area contributed by atoms with E-state index in [4.69, 9.17) is 0 Å². The van der Waals surface area contributed by atoms with Crippen LogP contribution >= 0.6 is 11.3 Å². The van der Waals surface area contributed by atoms with Gasteiger partial charge in [0.1, 0.15) is 5.01 Å². The van der Waals surface area contributed by atoms with Gasteiger partial charge < -0.3 is 0 Å². The molecule has 0 aliphatic carbocycles. The van der Waals surface area contributed by atoms with Gasteiger partial charge >= 0.3 is 0 Å². The zero-order chi connectivity index (χ0) is 18.9. The number of anilines is 1. The van der Waals surface area contributed by atoms with Crippen LogP contribution in [0.3, 0.4) is 0 Å². The number of rotatable bonds is 5. The molecule has 0 unspecified atom stereocenters. The highest BCUT2D eigenvalue weighted by atomic mass is 32.2. The van der Waals surface area contributed by atoms with Crippen LogP contribution in [0.2, 0.25) is 0 Å². The van der Waals surface area contributed by atoms with Gasteiger partial charge in [0.25, 0.3) is 0 Å². The second-order valence-electron chi connectivity index (χ2n) is 6.41. The molecule has 0 aliphatic heterocycles. The van der Waals surface area contributed by atoms with Gasteiger partial charge in [0.2, 0.25) is 10.0 Å². The SMILES string of the molecule is Cc1ccc2nc(-c3ccc(NS(=O)(=O)Cc4ccccc4)cc3)sc2c1. The first-order chi connectivity index (χ1) is 13.0. The van der Waals surface area contributed by atoms with E-state index >= 15 is 0 Å².